The normalized spacial score (nSPS) is 12.7. The number of fused-ring (bicyclic) bond motifs is 1. The zero-order valence-electron chi connectivity index (χ0n) is 16.7. The van der Waals surface area contributed by atoms with E-state index in [2.05, 4.69) is 46.1 Å². The fraction of sp³-hybridized carbons (Fsp3) is 0.381. The van der Waals surface area contributed by atoms with Gasteiger partial charge in [0, 0.05) is 48.1 Å². The molecule has 6 nitrogen and oxygen atoms in total. The number of rotatable bonds is 7. The van der Waals surface area contributed by atoms with Crippen LogP contribution in [0, 0.1) is 12.8 Å². The number of hydrogen-bond acceptors (Lipinski definition) is 4. The monoisotopic (exact) mass is 399 g/mol. The van der Waals surface area contributed by atoms with Crippen LogP contribution in [-0.2, 0) is 0 Å². The third kappa shape index (κ3) is 4.51. The Labute approximate surface area is 170 Å². The van der Waals surface area contributed by atoms with E-state index in [0.29, 0.717) is 23.0 Å². The van der Waals surface area contributed by atoms with Gasteiger partial charge in [0.2, 0.25) is 0 Å². The average Bonchev–Trinajstić information content (AvgIpc) is 3.12. The van der Waals surface area contributed by atoms with Crippen molar-refractivity contribution >= 4 is 28.4 Å². The maximum atomic E-state index is 12.8. The van der Waals surface area contributed by atoms with Crippen LogP contribution in [-0.4, -0.2) is 45.9 Å². The lowest BCUT2D eigenvalue weighted by molar-refractivity contribution is 0.0936. The first-order valence-electron chi connectivity index (χ1n) is 9.39. The SMILES string of the molecule is Cc1ncc(C(CNC(=O)c2ccc3[nH]ccc3c2Cl)N(C)CC(C)C)cn1. The van der Waals surface area contributed by atoms with Crippen LogP contribution in [0.15, 0.2) is 36.8 Å². The van der Waals surface area contributed by atoms with Crippen LogP contribution in [0.1, 0.15) is 41.6 Å². The van der Waals surface area contributed by atoms with Gasteiger partial charge in [-0.2, -0.15) is 0 Å². The molecule has 2 aromatic heterocycles. The van der Waals surface area contributed by atoms with E-state index < -0.39 is 0 Å². The van der Waals surface area contributed by atoms with Crippen LogP contribution in [0.5, 0.6) is 0 Å². The van der Waals surface area contributed by atoms with Gasteiger partial charge in [0.25, 0.3) is 5.91 Å². The third-order valence-corrected chi connectivity index (χ3v) is 5.15. The molecular formula is C21H26ClN5O. The van der Waals surface area contributed by atoms with Crippen molar-refractivity contribution in [3.63, 3.8) is 0 Å². The first-order valence-corrected chi connectivity index (χ1v) is 9.77. The van der Waals surface area contributed by atoms with Crippen LogP contribution in [0.3, 0.4) is 0 Å². The van der Waals surface area contributed by atoms with Crippen molar-refractivity contribution < 1.29 is 4.79 Å². The van der Waals surface area contributed by atoms with E-state index >= 15 is 0 Å². The Hall–Kier alpha value is -2.44. The minimum atomic E-state index is -0.191. The fourth-order valence-electron chi connectivity index (χ4n) is 3.36. The predicted molar refractivity (Wildman–Crippen MR) is 113 cm³/mol. The van der Waals surface area contributed by atoms with Gasteiger partial charge in [-0.3, -0.25) is 9.69 Å². The van der Waals surface area contributed by atoms with Gasteiger partial charge in [0.15, 0.2) is 0 Å². The van der Waals surface area contributed by atoms with Gasteiger partial charge in [-0.05, 0) is 38.1 Å². The number of H-pyrrole nitrogens is 1. The number of nitrogens with zero attached hydrogens (tertiary/aromatic N) is 3. The second-order valence-corrected chi connectivity index (χ2v) is 7.87. The van der Waals surface area contributed by atoms with E-state index in [4.69, 9.17) is 11.6 Å². The summed E-state index contributed by atoms with van der Waals surface area (Å²) in [6, 6.07) is 5.46. The average molecular weight is 400 g/mol. The molecule has 1 amide bonds. The molecule has 7 heteroatoms. The summed E-state index contributed by atoms with van der Waals surface area (Å²) in [4.78, 5) is 26.8. The summed E-state index contributed by atoms with van der Waals surface area (Å²) in [5.74, 6) is 1.04. The molecule has 1 atom stereocenters. The Kier molecular flexibility index (Phi) is 6.31. The fourth-order valence-corrected chi connectivity index (χ4v) is 3.68. The summed E-state index contributed by atoms with van der Waals surface area (Å²) in [6.45, 7) is 7.53. The molecule has 2 N–H and O–H groups in total. The van der Waals surface area contributed by atoms with Crippen molar-refractivity contribution in [3.05, 3.63) is 58.8 Å². The minimum absolute atomic E-state index is 0.0262. The summed E-state index contributed by atoms with van der Waals surface area (Å²) in [5.41, 5.74) is 2.35. The quantitative estimate of drug-likeness (QED) is 0.630. The van der Waals surface area contributed by atoms with Crippen molar-refractivity contribution in [2.75, 3.05) is 20.1 Å². The smallest absolute Gasteiger partial charge is 0.252 e. The number of benzene rings is 1. The Balaban J connectivity index is 1.78. The van der Waals surface area contributed by atoms with Gasteiger partial charge in [0.05, 0.1) is 16.6 Å². The van der Waals surface area contributed by atoms with E-state index in [1.807, 2.05) is 37.6 Å². The first-order chi connectivity index (χ1) is 13.4. The van der Waals surface area contributed by atoms with Gasteiger partial charge >= 0.3 is 0 Å². The molecule has 0 saturated carbocycles. The Morgan fingerprint density at radius 1 is 1.25 bits per heavy atom. The molecule has 0 spiro atoms. The molecule has 0 aliphatic rings. The molecule has 3 rings (SSSR count). The summed E-state index contributed by atoms with van der Waals surface area (Å²) >= 11 is 6.45. The highest BCUT2D eigenvalue weighted by Gasteiger charge is 2.21. The molecule has 3 aromatic rings. The standard InChI is InChI=1S/C21H26ClN5O/c1-13(2)12-27(4)19(15-9-24-14(3)25-10-15)11-26-21(28)17-5-6-18-16(20(17)22)7-8-23-18/h5-10,13,19,23H,11-12H2,1-4H3,(H,26,28). The molecule has 28 heavy (non-hydrogen) atoms. The van der Waals surface area contributed by atoms with Crippen molar-refractivity contribution in [1.29, 1.82) is 0 Å². The van der Waals surface area contributed by atoms with Crippen LogP contribution in [0.4, 0.5) is 0 Å². The van der Waals surface area contributed by atoms with Gasteiger partial charge in [-0.15, -0.1) is 0 Å². The highest BCUT2D eigenvalue weighted by molar-refractivity contribution is 6.38. The second kappa shape index (κ2) is 8.71. The summed E-state index contributed by atoms with van der Waals surface area (Å²) < 4.78 is 0. The van der Waals surface area contributed by atoms with Gasteiger partial charge in [-0.25, -0.2) is 9.97 Å². The van der Waals surface area contributed by atoms with Gasteiger partial charge in [0.1, 0.15) is 5.82 Å². The highest BCUT2D eigenvalue weighted by atomic mass is 35.5. The number of aryl methyl sites for hydroxylation is 1. The number of halogens is 1. The predicted octanol–water partition coefficient (Wildman–Crippen LogP) is 3.98. The van der Waals surface area contributed by atoms with Crippen LogP contribution in [0.25, 0.3) is 10.9 Å². The van der Waals surface area contributed by atoms with Crippen molar-refractivity contribution in [1.82, 2.24) is 25.2 Å². The molecule has 1 aromatic carbocycles. The van der Waals surface area contributed by atoms with E-state index in [1.54, 1.807) is 6.07 Å². The highest BCUT2D eigenvalue weighted by Crippen LogP contribution is 2.27. The third-order valence-electron chi connectivity index (χ3n) is 4.74. The molecule has 0 bridgehead atoms. The topological polar surface area (TPSA) is 73.9 Å². The maximum absolute atomic E-state index is 12.8. The number of nitrogens with one attached hydrogen (secondary N) is 2. The summed E-state index contributed by atoms with van der Waals surface area (Å²) in [7, 11) is 2.05. The van der Waals surface area contributed by atoms with Crippen LogP contribution >= 0.6 is 11.6 Å². The number of carbonyl (C=O) groups is 1. The Bertz CT molecular complexity index is 951. The summed E-state index contributed by atoms with van der Waals surface area (Å²) in [5, 5.41) is 4.34. The molecule has 148 valence electrons. The lowest BCUT2D eigenvalue weighted by Gasteiger charge is -2.29. The zero-order chi connectivity index (χ0) is 20.3. The summed E-state index contributed by atoms with van der Waals surface area (Å²) in [6.07, 6.45) is 5.47. The molecule has 2 heterocycles. The Morgan fingerprint density at radius 2 is 1.96 bits per heavy atom. The largest absolute Gasteiger partial charge is 0.361 e. The molecule has 0 radical (unpaired) electrons. The molecule has 0 aliphatic heterocycles. The lowest BCUT2D eigenvalue weighted by atomic mass is 10.1. The molecule has 0 saturated heterocycles. The van der Waals surface area contributed by atoms with Crippen molar-refractivity contribution in [2.24, 2.45) is 5.92 Å². The van der Waals surface area contributed by atoms with E-state index in [1.165, 1.54) is 0 Å². The molecule has 0 aliphatic carbocycles. The first kappa shape index (κ1) is 20.3. The van der Waals surface area contributed by atoms with E-state index in [0.717, 1.165) is 28.8 Å². The molecule has 0 fully saturated rings. The number of hydrogen-bond donors (Lipinski definition) is 2. The minimum Gasteiger partial charge on any atom is -0.361 e. The number of aromatic nitrogens is 3. The lowest BCUT2D eigenvalue weighted by Crippen LogP contribution is -2.38. The number of aromatic amines is 1. The van der Waals surface area contributed by atoms with Gasteiger partial charge in [-0.1, -0.05) is 25.4 Å². The van der Waals surface area contributed by atoms with E-state index in [9.17, 15) is 4.79 Å². The van der Waals surface area contributed by atoms with E-state index in [-0.39, 0.29) is 11.9 Å². The second-order valence-electron chi connectivity index (χ2n) is 7.49. The number of amides is 1. The molecular weight excluding hydrogens is 374 g/mol. The van der Waals surface area contributed by atoms with Crippen LogP contribution < -0.4 is 5.32 Å². The van der Waals surface area contributed by atoms with Crippen molar-refractivity contribution in [2.45, 2.75) is 26.8 Å². The molecule has 1 unspecified atom stereocenters. The van der Waals surface area contributed by atoms with Crippen molar-refractivity contribution in [3.8, 4) is 0 Å². The van der Waals surface area contributed by atoms with Crippen LogP contribution in [0.2, 0.25) is 5.02 Å². The number of likely N-dealkylation sites (N-methyl/N-ethyl adjacent to an activating group) is 1. The Morgan fingerprint density at radius 3 is 2.64 bits per heavy atom. The zero-order valence-corrected chi connectivity index (χ0v) is 17.4. The maximum Gasteiger partial charge on any atom is 0.252 e. The van der Waals surface area contributed by atoms with Gasteiger partial charge < -0.3 is 10.3 Å². The number of carbonyl (C=O) groups excluding carboxylic acids is 1.